The Morgan fingerprint density at radius 3 is 3.12 bits per heavy atom. The summed E-state index contributed by atoms with van der Waals surface area (Å²) in [6.07, 6.45) is 8.05. The Balaban J connectivity index is 2.28. The fraction of sp³-hybridized carbons (Fsp3) is 0.429. The molecule has 0 amide bonds. The molecule has 0 fully saturated rings. The van der Waals surface area contributed by atoms with Crippen LogP contribution in [-0.4, -0.2) is 15.4 Å². The molecule has 0 heterocycles. The van der Waals surface area contributed by atoms with Crippen LogP contribution in [0.25, 0.3) is 0 Å². The molecule has 0 saturated carbocycles. The zero-order chi connectivity index (χ0) is 5.82. The minimum atomic E-state index is -0.184. The molecule has 1 heteroatoms. The quantitative estimate of drug-likeness (QED) is 0.548. The van der Waals surface area contributed by atoms with Crippen LogP contribution in [0.2, 0.25) is 5.25 Å². The molecule has 0 aromatic heterocycles. The summed E-state index contributed by atoms with van der Waals surface area (Å²) >= 11 is -0.184. The summed E-state index contributed by atoms with van der Waals surface area (Å²) in [6, 6.07) is 0. The average molecular weight is 169 g/mol. The van der Waals surface area contributed by atoms with E-state index in [0.29, 0.717) is 0 Å². The number of allylic oxidation sites excluding steroid dienone is 4. The standard InChI is InChI=1S/C7H12Ge/c1-2-8-7-5-3-4-6-7/h3-5H,2,6,8H2,1H3. The predicted octanol–water partition coefficient (Wildman–Crippen LogP) is 1.44. The van der Waals surface area contributed by atoms with Crippen molar-refractivity contribution in [3.63, 3.8) is 0 Å². The summed E-state index contributed by atoms with van der Waals surface area (Å²) in [5.41, 5.74) is 0. The van der Waals surface area contributed by atoms with E-state index in [1.54, 1.807) is 4.41 Å². The predicted molar refractivity (Wildman–Crippen MR) is 40.9 cm³/mol. The van der Waals surface area contributed by atoms with Crippen LogP contribution in [0.5, 0.6) is 0 Å². The van der Waals surface area contributed by atoms with E-state index >= 15 is 0 Å². The van der Waals surface area contributed by atoms with Gasteiger partial charge in [0.2, 0.25) is 0 Å². The van der Waals surface area contributed by atoms with Crippen LogP contribution in [-0.2, 0) is 0 Å². The van der Waals surface area contributed by atoms with Crippen molar-refractivity contribution in [2.24, 2.45) is 0 Å². The third-order valence-corrected chi connectivity index (χ3v) is 4.92. The monoisotopic (exact) mass is 170 g/mol. The third-order valence-electron chi connectivity index (χ3n) is 1.42. The van der Waals surface area contributed by atoms with Crippen LogP contribution in [0.4, 0.5) is 0 Å². The van der Waals surface area contributed by atoms with E-state index < -0.39 is 0 Å². The van der Waals surface area contributed by atoms with Crippen LogP contribution < -0.4 is 0 Å². The van der Waals surface area contributed by atoms with Crippen LogP contribution in [0.1, 0.15) is 13.3 Å². The third kappa shape index (κ3) is 1.51. The van der Waals surface area contributed by atoms with E-state index in [4.69, 9.17) is 0 Å². The molecular formula is C7H12Ge. The van der Waals surface area contributed by atoms with Gasteiger partial charge in [-0.05, 0) is 0 Å². The van der Waals surface area contributed by atoms with Crippen molar-refractivity contribution in [2.45, 2.75) is 18.6 Å². The first-order valence-corrected chi connectivity index (χ1v) is 6.86. The first kappa shape index (κ1) is 6.15. The van der Waals surface area contributed by atoms with Crippen LogP contribution in [0.3, 0.4) is 0 Å². The second kappa shape index (κ2) is 3.13. The molecule has 0 bridgehead atoms. The maximum absolute atomic E-state index is 2.31. The SMILES string of the molecule is C[CH2][GeH2][C]1=CC=CC1. The van der Waals surface area contributed by atoms with Gasteiger partial charge in [-0.3, -0.25) is 0 Å². The molecule has 0 atom stereocenters. The van der Waals surface area contributed by atoms with Crippen molar-refractivity contribution < 1.29 is 0 Å². The molecule has 0 radical (unpaired) electrons. The summed E-state index contributed by atoms with van der Waals surface area (Å²) in [5, 5.41) is 1.47. The van der Waals surface area contributed by atoms with Gasteiger partial charge in [-0.25, -0.2) is 0 Å². The molecule has 0 saturated heterocycles. The normalized spacial score (nSPS) is 18.4. The van der Waals surface area contributed by atoms with E-state index in [0.717, 1.165) is 0 Å². The van der Waals surface area contributed by atoms with Gasteiger partial charge in [0.1, 0.15) is 0 Å². The summed E-state index contributed by atoms with van der Waals surface area (Å²) in [7, 11) is 0. The van der Waals surface area contributed by atoms with Crippen molar-refractivity contribution in [2.75, 3.05) is 0 Å². The van der Waals surface area contributed by atoms with Crippen molar-refractivity contribution in [3.05, 3.63) is 22.6 Å². The zero-order valence-corrected chi connectivity index (χ0v) is 8.32. The van der Waals surface area contributed by atoms with Gasteiger partial charge in [0.05, 0.1) is 0 Å². The topological polar surface area (TPSA) is 0 Å². The Morgan fingerprint density at radius 1 is 1.75 bits per heavy atom. The van der Waals surface area contributed by atoms with Gasteiger partial charge in [-0.1, -0.05) is 0 Å². The van der Waals surface area contributed by atoms with E-state index in [-0.39, 0.29) is 15.4 Å². The van der Waals surface area contributed by atoms with E-state index in [1.165, 1.54) is 11.7 Å². The van der Waals surface area contributed by atoms with Crippen molar-refractivity contribution in [3.8, 4) is 0 Å². The fourth-order valence-electron chi connectivity index (χ4n) is 0.998. The zero-order valence-electron chi connectivity index (χ0n) is 5.35. The first-order chi connectivity index (χ1) is 3.93. The van der Waals surface area contributed by atoms with Crippen molar-refractivity contribution in [1.29, 1.82) is 0 Å². The number of hydrogen-bond acceptors (Lipinski definition) is 0. The second-order valence-electron chi connectivity index (χ2n) is 2.21. The minimum absolute atomic E-state index is 0.184. The number of hydrogen-bond donors (Lipinski definition) is 0. The molecule has 1 aliphatic rings. The van der Waals surface area contributed by atoms with Gasteiger partial charge in [0.15, 0.2) is 0 Å². The maximum atomic E-state index is 2.31. The molecule has 0 unspecified atom stereocenters. The van der Waals surface area contributed by atoms with Gasteiger partial charge in [-0.2, -0.15) is 0 Å². The summed E-state index contributed by atoms with van der Waals surface area (Å²) < 4.78 is 1.78. The van der Waals surface area contributed by atoms with Crippen molar-refractivity contribution >= 4 is 15.4 Å². The molecule has 1 rings (SSSR count). The Bertz CT molecular complexity index is 122. The van der Waals surface area contributed by atoms with E-state index in [1.807, 2.05) is 0 Å². The van der Waals surface area contributed by atoms with E-state index in [9.17, 15) is 0 Å². The van der Waals surface area contributed by atoms with Gasteiger partial charge in [0, 0.05) is 0 Å². The van der Waals surface area contributed by atoms with E-state index in [2.05, 4.69) is 25.2 Å². The molecule has 0 aliphatic heterocycles. The van der Waals surface area contributed by atoms with Gasteiger partial charge in [0.25, 0.3) is 0 Å². The molecule has 44 valence electrons. The fourth-order valence-corrected chi connectivity index (χ4v) is 3.76. The molecular weight excluding hydrogens is 157 g/mol. The molecule has 0 N–H and O–H groups in total. The molecule has 0 aromatic rings. The van der Waals surface area contributed by atoms with Gasteiger partial charge in [-0.15, -0.1) is 0 Å². The molecule has 0 spiro atoms. The molecule has 0 nitrogen and oxygen atoms in total. The van der Waals surface area contributed by atoms with Gasteiger partial charge < -0.3 is 0 Å². The van der Waals surface area contributed by atoms with Crippen molar-refractivity contribution in [1.82, 2.24) is 0 Å². The van der Waals surface area contributed by atoms with Crippen LogP contribution >= 0.6 is 0 Å². The Morgan fingerprint density at radius 2 is 2.62 bits per heavy atom. The summed E-state index contributed by atoms with van der Waals surface area (Å²) in [6.45, 7) is 2.30. The second-order valence-corrected chi connectivity index (χ2v) is 7.26. The Kier molecular flexibility index (Phi) is 2.40. The van der Waals surface area contributed by atoms with Crippen LogP contribution in [0, 0.1) is 0 Å². The Labute approximate surface area is 57.1 Å². The molecule has 0 aromatic carbocycles. The summed E-state index contributed by atoms with van der Waals surface area (Å²) in [4.78, 5) is 0. The van der Waals surface area contributed by atoms with Crippen LogP contribution in [0.15, 0.2) is 22.6 Å². The molecule has 8 heavy (non-hydrogen) atoms. The molecule has 1 aliphatic carbocycles. The summed E-state index contributed by atoms with van der Waals surface area (Å²) in [5.74, 6) is 0. The average Bonchev–Trinajstić information content (AvgIpc) is 2.19. The Hall–Kier alpha value is 0.0229. The number of rotatable bonds is 2. The van der Waals surface area contributed by atoms with Gasteiger partial charge >= 0.3 is 56.7 Å². The first-order valence-electron chi connectivity index (χ1n) is 3.28.